The fourth-order valence-corrected chi connectivity index (χ4v) is 2.16. The Hall–Kier alpha value is -2.14. The maximum Gasteiger partial charge on any atom is 0.204 e. The zero-order valence-electron chi connectivity index (χ0n) is 12.9. The molecule has 0 radical (unpaired) electrons. The average molecular weight is 291 g/mol. The van der Waals surface area contributed by atoms with Gasteiger partial charge in [0.15, 0.2) is 11.5 Å². The number of ether oxygens (including phenoxy) is 3. The summed E-state index contributed by atoms with van der Waals surface area (Å²) in [5.41, 5.74) is 0.831. The van der Waals surface area contributed by atoms with E-state index >= 15 is 0 Å². The molecule has 0 aliphatic rings. The minimum absolute atomic E-state index is 0.558. The van der Waals surface area contributed by atoms with Crippen LogP contribution in [0.15, 0.2) is 28.7 Å². The van der Waals surface area contributed by atoms with Crippen LogP contribution in [-0.2, 0) is 6.54 Å². The number of nitrogens with one attached hydrogen (secondary N) is 1. The second kappa shape index (κ2) is 7.04. The largest absolute Gasteiger partial charge is 0.493 e. The first-order valence-electron chi connectivity index (χ1n) is 6.83. The third kappa shape index (κ3) is 3.13. The van der Waals surface area contributed by atoms with Crippen LogP contribution < -0.4 is 19.5 Å². The third-order valence-corrected chi connectivity index (χ3v) is 3.18. The van der Waals surface area contributed by atoms with Crippen LogP contribution in [0.2, 0.25) is 0 Å². The molecule has 2 rings (SSSR count). The van der Waals surface area contributed by atoms with Crippen LogP contribution in [0.1, 0.15) is 12.7 Å². The second-order valence-corrected chi connectivity index (χ2v) is 4.43. The minimum Gasteiger partial charge on any atom is -0.493 e. The van der Waals surface area contributed by atoms with Crippen molar-refractivity contribution in [3.8, 4) is 28.6 Å². The van der Waals surface area contributed by atoms with Gasteiger partial charge < -0.3 is 23.9 Å². The van der Waals surface area contributed by atoms with E-state index in [1.54, 1.807) is 21.3 Å². The molecule has 1 aromatic carbocycles. The molecule has 0 amide bonds. The topological polar surface area (TPSA) is 52.9 Å². The van der Waals surface area contributed by atoms with Gasteiger partial charge in [-0.15, -0.1) is 0 Å². The fourth-order valence-electron chi connectivity index (χ4n) is 2.16. The Labute approximate surface area is 124 Å². The maximum atomic E-state index is 5.85. The molecule has 0 saturated heterocycles. The molecular weight excluding hydrogens is 270 g/mol. The predicted molar refractivity (Wildman–Crippen MR) is 81.2 cm³/mol. The highest BCUT2D eigenvalue weighted by Crippen LogP contribution is 2.44. The summed E-state index contributed by atoms with van der Waals surface area (Å²) in [6.45, 7) is 3.66. The van der Waals surface area contributed by atoms with E-state index in [4.69, 9.17) is 18.6 Å². The van der Waals surface area contributed by atoms with Crippen molar-refractivity contribution in [2.24, 2.45) is 0 Å². The van der Waals surface area contributed by atoms with Crippen molar-refractivity contribution in [1.82, 2.24) is 5.32 Å². The number of hydrogen-bond acceptors (Lipinski definition) is 5. The molecular formula is C16H21NO4. The Morgan fingerprint density at radius 1 is 0.952 bits per heavy atom. The van der Waals surface area contributed by atoms with Crippen molar-refractivity contribution in [3.63, 3.8) is 0 Å². The van der Waals surface area contributed by atoms with Gasteiger partial charge in [-0.3, -0.25) is 0 Å². The molecule has 5 heteroatoms. The zero-order valence-corrected chi connectivity index (χ0v) is 12.9. The van der Waals surface area contributed by atoms with Crippen molar-refractivity contribution in [3.05, 3.63) is 30.0 Å². The Morgan fingerprint density at radius 2 is 1.71 bits per heavy atom. The molecule has 21 heavy (non-hydrogen) atoms. The van der Waals surface area contributed by atoms with Crippen molar-refractivity contribution in [1.29, 1.82) is 0 Å². The highest BCUT2D eigenvalue weighted by atomic mass is 16.5. The summed E-state index contributed by atoms with van der Waals surface area (Å²) in [5.74, 6) is 3.39. The fraction of sp³-hybridized carbons (Fsp3) is 0.375. The lowest BCUT2D eigenvalue weighted by atomic mass is 10.1. The molecule has 1 heterocycles. The minimum atomic E-state index is 0.558. The van der Waals surface area contributed by atoms with E-state index < -0.39 is 0 Å². The lowest BCUT2D eigenvalue weighted by Gasteiger charge is -2.14. The summed E-state index contributed by atoms with van der Waals surface area (Å²) >= 11 is 0. The lowest BCUT2D eigenvalue weighted by molar-refractivity contribution is 0.324. The smallest absolute Gasteiger partial charge is 0.204 e. The summed E-state index contributed by atoms with van der Waals surface area (Å²) in [4.78, 5) is 0. The van der Waals surface area contributed by atoms with Crippen molar-refractivity contribution in [2.45, 2.75) is 13.5 Å². The molecule has 0 aliphatic heterocycles. The van der Waals surface area contributed by atoms with Gasteiger partial charge in [0.1, 0.15) is 11.5 Å². The number of rotatable bonds is 7. The number of methoxy groups -OCH3 is 3. The third-order valence-electron chi connectivity index (χ3n) is 3.18. The number of furan rings is 1. The first kappa shape index (κ1) is 15.3. The summed E-state index contributed by atoms with van der Waals surface area (Å²) in [6, 6.07) is 7.61. The summed E-state index contributed by atoms with van der Waals surface area (Å²) in [5, 5.41) is 3.23. The van der Waals surface area contributed by atoms with Crippen LogP contribution in [0.5, 0.6) is 17.2 Å². The van der Waals surface area contributed by atoms with E-state index in [9.17, 15) is 0 Å². The van der Waals surface area contributed by atoms with Gasteiger partial charge in [0, 0.05) is 0 Å². The molecule has 2 aromatic rings. The summed E-state index contributed by atoms with van der Waals surface area (Å²) < 4.78 is 22.0. The molecule has 0 bridgehead atoms. The molecule has 1 aromatic heterocycles. The van der Waals surface area contributed by atoms with Crippen LogP contribution >= 0.6 is 0 Å². The van der Waals surface area contributed by atoms with Crippen LogP contribution in [-0.4, -0.2) is 27.9 Å². The average Bonchev–Trinajstić information content (AvgIpc) is 2.99. The first-order valence-corrected chi connectivity index (χ1v) is 6.83. The number of benzene rings is 1. The lowest BCUT2D eigenvalue weighted by Crippen LogP contribution is -2.10. The zero-order chi connectivity index (χ0) is 15.2. The van der Waals surface area contributed by atoms with Gasteiger partial charge in [-0.1, -0.05) is 6.92 Å². The van der Waals surface area contributed by atoms with Gasteiger partial charge >= 0.3 is 0 Å². The Kier molecular flexibility index (Phi) is 5.11. The van der Waals surface area contributed by atoms with Gasteiger partial charge in [0.25, 0.3) is 0 Å². The van der Waals surface area contributed by atoms with Gasteiger partial charge in [0.2, 0.25) is 5.75 Å². The monoisotopic (exact) mass is 291 g/mol. The second-order valence-electron chi connectivity index (χ2n) is 4.43. The highest BCUT2D eigenvalue weighted by molar-refractivity contribution is 5.73. The Bertz CT molecular complexity index is 592. The van der Waals surface area contributed by atoms with E-state index in [1.807, 2.05) is 24.3 Å². The van der Waals surface area contributed by atoms with Gasteiger partial charge in [-0.2, -0.15) is 0 Å². The van der Waals surface area contributed by atoms with Crippen LogP contribution in [0.3, 0.4) is 0 Å². The Balaban J connectivity index is 2.41. The molecule has 0 saturated carbocycles. The predicted octanol–water partition coefficient (Wildman–Crippen LogP) is 3.08. The molecule has 0 unspecified atom stereocenters. The maximum absolute atomic E-state index is 5.85. The van der Waals surface area contributed by atoms with Gasteiger partial charge in [-0.25, -0.2) is 0 Å². The van der Waals surface area contributed by atoms with Gasteiger partial charge in [0.05, 0.1) is 33.4 Å². The first-order chi connectivity index (χ1) is 10.2. The highest BCUT2D eigenvalue weighted by Gasteiger charge is 2.19. The van der Waals surface area contributed by atoms with Crippen molar-refractivity contribution in [2.75, 3.05) is 27.9 Å². The quantitative estimate of drug-likeness (QED) is 0.849. The van der Waals surface area contributed by atoms with E-state index in [0.29, 0.717) is 23.8 Å². The van der Waals surface area contributed by atoms with Crippen molar-refractivity contribution >= 4 is 0 Å². The molecule has 0 aliphatic carbocycles. The van der Waals surface area contributed by atoms with Gasteiger partial charge in [-0.05, 0) is 30.8 Å². The van der Waals surface area contributed by atoms with Crippen LogP contribution in [0.4, 0.5) is 0 Å². The molecule has 114 valence electrons. The molecule has 5 nitrogen and oxygen atoms in total. The van der Waals surface area contributed by atoms with Crippen molar-refractivity contribution < 1.29 is 18.6 Å². The number of hydrogen-bond donors (Lipinski definition) is 1. The van der Waals surface area contributed by atoms with E-state index in [2.05, 4.69) is 12.2 Å². The molecule has 0 fully saturated rings. The van der Waals surface area contributed by atoms with Crippen LogP contribution in [0.25, 0.3) is 11.3 Å². The summed E-state index contributed by atoms with van der Waals surface area (Å²) in [6.07, 6.45) is 0. The van der Waals surface area contributed by atoms with E-state index in [-0.39, 0.29) is 0 Å². The normalized spacial score (nSPS) is 10.5. The SMILES string of the molecule is CCNCc1ccc(-c2ccc(OC)c(OC)c2OC)o1. The van der Waals surface area contributed by atoms with E-state index in [0.717, 1.165) is 23.6 Å². The Morgan fingerprint density at radius 3 is 2.33 bits per heavy atom. The van der Waals surface area contributed by atoms with Crippen LogP contribution in [0, 0.1) is 0 Å². The standard InChI is InChI=1S/C16H21NO4/c1-5-17-10-11-6-8-13(21-11)12-7-9-14(18-2)16(20-4)15(12)19-3/h6-9,17H,5,10H2,1-4H3. The molecule has 1 N–H and O–H groups in total. The summed E-state index contributed by atoms with van der Waals surface area (Å²) in [7, 11) is 4.78. The molecule has 0 atom stereocenters. The van der Waals surface area contributed by atoms with E-state index in [1.165, 1.54) is 0 Å². The molecule has 0 spiro atoms.